The molecule has 2 aromatic carbocycles. The van der Waals surface area contributed by atoms with Crippen molar-refractivity contribution < 1.29 is 19.5 Å². The molecule has 0 radical (unpaired) electrons. The molecular formula is C23H19N2O4S2-. The fourth-order valence-corrected chi connectivity index (χ4v) is 4.31. The van der Waals surface area contributed by atoms with E-state index in [0.29, 0.717) is 9.23 Å². The Morgan fingerprint density at radius 3 is 2.52 bits per heavy atom. The predicted molar refractivity (Wildman–Crippen MR) is 124 cm³/mol. The second-order valence-electron chi connectivity index (χ2n) is 6.76. The van der Waals surface area contributed by atoms with Crippen molar-refractivity contribution >= 4 is 57.8 Å². The number of nitrogens with zero attached hydrogens (tertiary/aromatic N) is 1. The number of carbonyl (C=O) groups excluding carboxylic acids is 3. The van der Waals surface area contributed by atoms with Gasteiger partial charge in [0.1, 0.15) is 4.32 Å². The zero-order valence-corrected chi connectivity index (χ0v) is 18.3. The molecule has 1 N–H and O–H groups in total. The Kier molecular flexibility index (Phi) is 7.38. The van der Waals surface area contributed by atoms with E-state index in [9.17, 15) is 19.5 Å². The Bertz CT molecular complexity index is 1090. The van der Waals surface area contributed by atoms with Crippen molar-refractivity contribution in [2.45, 2.75) is 13.3 Å². The van der Waals surface area contributed by atoms with Crippen LogP contribution < -0.4 is 10.4 Å². The minimum atomic E-state index is -1.38. The molecule has 0 saturated carbocycles. The van der Waals surface area contributed by atoms with Gasteiger partial charge in [-0.25, -0.2) is 0 Å². The molecule has 1 aliphatic heterocycles. The molecule has 1 aliphatic rings. The van der Waals surface area contributed by atoms with E-state index in [1.54, 1.807) is 18.2 Å². The zero-order chi connectivity index (χ0) is 22.4. The van der Waals surface area contributed by atoms with Crippen LogP contribution in [0.4, 0.5) is 5.69 Å². The summed E-state index contributed by atoms with van der Waals surface area (Å²) in [7, 11) is 0. The third-order valence-corrected chi connectivity index (χ3v) is 5.79. The molecule has 1 saturated heterocycles. The third-order valence-electron chi connectivity index (χ3n) is 4.41. The number of aromatic carboxylic acids is 1. The standard InChI is InChI=1S/C23H20N2O4S2/c1-15(13-16-7-3-2-4-8-16)14-19-21(27)25(23(30)31-19)12-11-20(26)24-18-10-6-5-9-17(18)22(28)29/h2-10,13-14H,11-12H2,1H3,(H,24,26)(H,28,29)/p-1/b15-13-,19-14+. The number of hydrogen-bond acceptors (Lipinski definition) is 6. The van der Waals surface area contributed by atoms with Gasteiger partial charge in [-0.3, -0.25) is 14.5 Å². The summed E-state index contributed by atoms with van der Waals surface area (Å²) < 4.78 is 0.381. The van der Waals surface area contributed by atoms with Crippen LogP contribution >= 0.6 is 24.0 Å². The van der Waals surface area contributed by atoms with E-state index in [2.05, 4.69) is 5.32 Å². The normalized spacial score (nSPS) is 15.5. The quantitative estimate of drug-likeness (QED) is 0.514. The van der Waals surface area contributed by atoms with E-state index in [4.69, 9.17) is 12.2 Å². The number of carbonyl (C=O) groups is 3. The van der Waals surface area contributed by atoms with Gasteiger partial charge in [-0.05, 0) is 30.2 Å². The van der Waals surface area contributed by atoms with Crippen LogP contribution in [0, 0.1) is 0 Å². The van der Waals surface area contributed by atoms with Crippen LogP contribution in [-0.2, 0) is 9.59 Å². The highest BCUT2D eigenvalue weighted by Gasteiger charge is 2.32. The Labute approximate surface area is 189 Å². The number of carboxylic acids is 1. The first-order chi connectivity index (χ1) is 14.8. The summed E-state index contributed by atoms with van der Waals surface area (Å²) in [5.41, 5.74) is 1.98. The van der Waals surface area contributed by atoms with Crippen molar-refractivity contribution in [1.29, 1.82) is 0 Å². The van der Waals surface area contributed by atoms with E-state index in [1.807, 2.05) is 43.3 Å². The van der Waals surface area contributed by atoms with Gasteiger partial charge < -0.3 is 15.2 Å². The minimum absolute atomic E-state index is 0.0278. The zero-order valence-electron chi connectivity index (χ0n) is 16.7. The average molecular weight is 452 g/mol. The second kappa shape index (κ2) is 10.2. The van der Waals surface area contributed by atoms with E-state index in [-0.39, 0.29) is 30.1 Å². The van der Waals surface area contributed by atoms with E-state index >= 15 is 0 Å². The predicted octanol–water partition coefficient (Wildman–Crippen LogP) is 3.23. The largest absolute Gasteiger partial charge is 0.545 e. The Hall–Kier alpha value is -3.23. The second-order valence-corrected chi connectivity index (χ2v) is 8.44. The molecule has 0 atom stereocenters. The highest BCUT2D eigenvalue weighted by Crippen LogP contribution is 2.32. The van der Waals surface area contributed by atoms with Gasteiger partial charge in [0.25, 0.3) is 5.91 Å². The van der Waals surface area contributed by atoms with Crippen molar-refractivity contribution in [3.8, 4) is 0 Å². The number of allylic oxidation sites excluding steroid dienone is 2. The molecule has 158 valence electrons. The van der Waals surface area contributed by atoms with Crippen LogP contribution in [0.25, 0.3) is 6.08 Å². The van der Waals surface area contributed by atoms with Crippen molar-refractivity contribution in [3.63, 3.8) is 0 Å². The lowest BCUT2D eigenvalue weighted by Crippen LogP contribution is -2.32. The number of anilines is 1. The van der Waals surface area contributed by atoms with Gasteiger partial charge in [0.05, 0.1) is 10.9 Å². The third kappa shape index (κ3) is 5.90. The molecule has 0 unspecified atom stereocenters. The molecular weight excluding hydrogens is 432 g/mol. The first-order valence-electron chi connectivity index (χ1n) is 9.44. The van der Waals surface area contributed by atoms with Crippen molar-refractivity contribution in [2.24, 2.45) is 0 Å². The van der Waals surface area contributed by atoms with Crippen LogP contribution in [0.5, 0.6) is 0 Å². The molecule has 31 heavy (non-hydrogen) atoms. The number of carboxylic acid groups (broad SMARTS) is 1. The Morgan fingerprint density at radius 2 is 1.81 bits per heavy atom. The smallest absolute Gasteiger partial charge is 0.266 e. The maximum atomic E-state index is 12.7. The van der Waals surface area contributed by atoms with E-state index in [0.717, 1.165) is 11.1 Å². The van der Waals surface area contributed by atoms with Crippen molar-refractivity contribution in [1.82, 2.24) is 4.90 Å². The summed E-state index contributed by atoms with van der Waals surface area (Å²) in [4.78, 5) is 38.0. The van der Waals surface area contributed by atoms with Crippen LogP contribution in [0.3, 0.4) is 0 Å². The van der Waals surface area contributed by atoms with Gasteiger partial charge in [0.2, 0.25) is 5.91 Å². The lowest BCUT2D eigenvalue weighted by molar-refractivity contribution is -0.254. The number of hydrogen-bond donors (Lipinski definition) is 1. The molecule has 2 amide bonds. The lowest BCUT2D eigenvalue weighted by atomic mass is 10.1. The van der Waals surface area contributed by atoms with Crippen LogP contribution in [0.1, 0.15) is 29.3 Å². The summed E-state index contributed by atoms with van der Waals surface area (Å²) in [6, 6.07) is 15.7. The molecule has 6 nitrogen and oxygen atoms in total. The molecule has 0 spiro atoms. The van der Waals surface area contributed by atoms with Gasteiger partial charge >= 0.3 is 0 Å². The Balaban J connectivity index is 1.62. The average Bonchev–Trinajstić information content (AvgIpc) is 2.99. The minimum Gasteiger partial charge on any atom is -0.545 e. The summed E-state index contributed by atoms with van der Waals surface area (Å²) in [6.07, 6.45) is 3.72. The van der Waals surface area contributed by atoms with Crippen LogP contribution in [-0.4, -0.2) is 33.5 Å². The SMILES string of the molecule is CC(=C/c1ccccc1)/C=C1/SC(=S)N(CCC(=O)Nc2ccccc2C(=O)[O-])C1=O. The number of benzene rings is 2. The maximum Gasteiger partial charge on any atom is 0.266 e. The molecule has 0 bridgehead atoms. The number of nitrogens with one attached hydrogen (secondary N) is 1. The molecule has 3 rings (SSSR count). The monoisotopic (exact) mass is 451 g/mol. The first-order valence-corrected chi connectivity index (χ1v) is 10.7. The van der Waals surface area contributed by atoms with Gasteiger partial charge in [-0.15, -0.1) is 0 Å². The number of thioether (sulfide) groups is 1. The number of rotatable bonds is 7. The first kappa shape index (κ1) is 22.5. The molecule has 2 aromatic rings. The lowest BCUT2D eigenvalue weighted by Gasteiger charge is -2.15. The van der Waals surface area contributed by atoms with Gasteiger partial charge in [0.15, 0.2) is 0 Å². The summed E-state index contributed by atoms with van der Waals surface area (Å²) >= 11 is 6.50. The fraction of sp³-hybridized carbons (Fsp3) is 0.130. The van der Waals surface area contributed by atoms with Crippen LogP contribution in [0.2, 0.25) is 0 Å². The maximum absolute atomic E-state index is 12.7. The fourth-order valence-electron chi connectivity index (χ4n) is 2.95. The van der Waals surface area contributed by atoms with Crippen molar-refractivity contribution in [3.05, 3.63) is 82.3 Å². The van der Waals surface area contributed by atoms with Gasteiger partial charge in [-0.1, -0.05) is 78.6 Å². The number of para-hydroxylation sites is 1. The summed E-state index contributed by atoms with van der Waals surface area (Å²) in [5.74, 6) is -2.05. The highest BCUT2D eigenvalue weighted by atomic mass is 32.2. The molecule has 1 heterocycles. The number of amides is 2. The molecule has 1 fully saturated rings. The topological polar surface area (TPSA) is 89.5 Å². The van der Waals surface area contributed by atoms with Crippen molar-refractivity contribution in [2.75, 3.05) is 11.9 Å². The van der Waals surface area contributed by atoms with Gasteiger partial charge in [0, 0.05) is 24.2 Å². The Morgan fingerprint density at radius 1 is 1.13 bits per heavy atom. The molecule has 0 aromatic heterocycles. The van der Waals surface area contributed by atoms with E-state index < -0.39 is 11.9 Å². The highest BCUT2D eigenvalue weighted by molar-refractivity contribution is 8.26. The molecule has 8 heteroatoms. The van der Waals surface area contributed by atoms with Crippen LogP contribution in [0.15, 0.2) is 71.2 Å². The molecule has 0 aliphatic carbocycles. The summed E-state index contributed by atoms with van der Waals surface area (Å²) in [5, 5.41) is 13.7. The number of thiocarbonyl (C=S) groups is 1. The van der Waals surface area contributed by atoms with E-state index in [1.165, 1.54) is 28.8 Å². The summed E-state index contributed by atoms with van der Waals surface area (Å²) in [6.45, 7) is 2.00. The van der Waals surface area contributed by atoms with Gasteiger partial charge in [-0.2, -0.15) is 0 Å².